The Hall–Kier alpha value is -1.22. The van der Waals surface area contributed by atoms with Crippen LogP contribution >= 0.6 is 0 Å². The molecule has 50 heavy (non-hydrogen) atoms. The Balaban J connectivity index is 1.65. The number of aliphatic hydroxyl groups is 1. The topological polar surface area (TPSA) is 113 Å². The summed E-state index contributed by atoms with van der Waals surface area (Å²) >= 11 is 0. The van der Waals surface area contributed by atoms with Crippen molar-refractivity contribution in [2.75, 3.05) is 46.2 Å². The average Bonchev–Trinajstić information content (AvgIpc) is 3.13. The molecule has 0 aromatic heterocycles. The van der Waals surface area contributed by atoms with Crippen LogP contribution in [0.5, 0.6) is 0 Å². The molecule has 3 heterocycles. The third kappa shape index (κ3) is 12.2. The largest absolute Gasteiger partial charge is 0.379 e. The van der Waals surface area contributed by atoms with E-state index in [2.05, 4.69) is 34.6 Å². The van der Waals surface area contributed by atoms with Gasteiger partial charge in [-0.25, -0.2) is 0 Å². The molecule has 11 atom stereocenters. The summed E-state index contributed by atoms with van der Waals surface area (Å²) in [4.78, 5) is 0. The molecule has 288 valence electrons. The van der Waals surface area contributed by atoms with Gasteiger partial charge in [-0.2, -0.15) is 0 Å². The quantitative estimate of drug-likeness (QED) is 0.119. The van der Waals surface area contributed by atoms with Crippen molar-refractivity contribution in [3.05, 3.63) is 35.9 Å². The van der Waals surface area contributed by atoms with Crippen LogP contribution in [0.3, 0.4) is 0 Å². The molecule has 1 aromatic carbocycles. The lowest BCUT2D eigenvalue weighted by atomic mass is 9.95. The first kappa shape index (κ1) is 41.5. The van der Waals surface area contributed by atoms with Crippen LogP contribution in [0.15, 0.2) is 30.3 Å². The van der Waals surface area contributed by atoms with Gasteiger partial charge in [0, 0.05) is 38.6 Å². The monoisotopic (exact) mass is 710 g/mol. The number of hydrogen-bond donors (Lipinski definition) is 1. The van der Waals surface area contributed by atoms with Gasteiger partial charge in [0.15, 0.2) is 18.9 Å². The van der Waals surface area contributed by atoms with Gasteiger partial charge in [0.25, 0.3) is 0 Å². The molecule has 0 bridgehead atoms. The second-order valence-corrected chi connectivity index (χ2v) is 13.6. The Morgan fingerprint density at radius 1 is 0.620 bits per heavy atom. The number of unbranched alkanes of at least 4 members (excludes halogenated alkanes) is 5. The van der Waals surface area contributed by atoms with Gasteiger partial charge in [-0.1, -0.05) is 97.1 Å². The fourth-order valence-electron chi connectivity index (χ4n) is 6.42. The first-order chi connectivity index (χ1) is 24.6. The molecule has 3 fully saturated rings. The van der Waals surface area contributed by atoms with Crippen LogP contribution in [0.25, 0.3) is 0 Å². The standard InChI is InChI=1S/C39H66O11/c1-6-11-21-41-26-29-31(33(42-22-12-7-2)35(37(40)47-29)44-24-14-9-4)50-39-36(45-25-15-10-5)34(43-23-13-8-3)32-30(48-39)27-46-38(49-32)28-19-17-16-18-20-28/h16-20,29-40H,6-15,21-27H2,1-5H3/t29-,30?,31+,32-,33?,34?,35?,36-,37+,38?,39-/m0/s1. The second-order valence-electron chi connectivity index (χ2n) is 13.6. The maximum absolute atomic E-state index is 11.3. The summed E-state index contributed by atoms with van der Waals surface area (Å²) in [7, 11) is 0. The van der Waals surface area contributed by atoms with E-state index in [1.807, 2.05) is 30.3 Å². The molecule has 3 aliphatic rings. The summed E-state index contributed by atoms with van der Waals surface area (Å²) in [5.41, 5.74) is 0.935. The molecule has 0 radical (unpaired) electrons. The average molecular weight is 711 g/mol. The van der Waals surface area contributed by atoms with Gasteiger partial charge in [-0.05, 0) is 32.1 Å². The summed E-state index contributed by atoms with van der Waals surface area (Å²) in [5, 5.41) is 11.3. The summed E-state index contributed by atoms with van der Waals surface area (Å²) in [6, 6.07) is 9.93. The zero-order valence-corrected chi connectivity index (χ0v) is 31.3. The van der Waals surface area contributed by atoms with E-state index in [0.717, 1.165) is 69.8 Å². The first-order valence-electron chi connectivity index (χ1n) is 19.6. The number of benzene rings is 1. The number of ether oxygens (including phenoxy) is 10. The number of fused-ring (bicyclic) bond motifs is 1. The van der Waals surface area contributed by atoms with E-state index in [4.69, 9.17) is 47.4 Å². The van der Waals surface area contributed by atoms with Crippen LogP contribution < -0.4 is 0 Å². The molecule has 0 aliphatic carbocycles. The van der Waals surface area contributed by atoms with Crippen molar-refractivity contribution >= 4 is 0 Å². The van der Waals surface area contributed by atoms with E-state index in [-0.39, 0.29) is 6.61 Å². The summed E-state index contributed by atoms with van der Waals surface area (Å²) in [6.45, 7) is 13.7. The van der Waals surface area contributed by atoms with Crippen molar-refractivity contribution in [1.82, 2.24) is 0 Å². The maximum atomic E-state index is 11.3. The molecule has 0 saturated carbocycles. The van der Waals surface area contributed by atoms with Crippen LogP contribution in [-0.2, 0) is 47.4 Å². The van der Waals surface area contributed by atoms with E-state index in [1.54, 1.807) is 0 Å². The number of aliphatic hydroxyl groups excluding tert-OH is 1. The van der Waals surface area contributed by atoms with Crippen molar-refractivity contribution < 1.29 is 52.5 Å². The van der Waals surface area contributed by atoms with Crippen molar-refractivity contribution in [1.29, 1.82) is 0 Å². The Morgan fingerprint density at radius 2 is 1.18 bits per heavy atom. The van der Waals surface area contributed by atoms with E-state index in [1.165, 1.54) is 0 Å². The van der Waals surface area contributed by atoms with Crippen molar-refractivity contribution in [2.45, 2.75) is 167 Å². The molecule has 4 rings (SSSR count). The van der Waals surface area contributed by atoms with E-state index < -0.39 is 67.7 Å². The Labute approximate surface area is 300 Å². The SMILES string of the molecule is CCCCOC[C@@H]1O[C@@H](O)C(OCCCC)C(OCCCC)[C@@H]1O[C@@H]1OC2COC(c3ccccc3)O[C@@H]2C(OCCCC)[C@@H]1OCCCC. The highest BCUT2D eigenvalue weighted by Gasteiger charge is 2.55. The summed E-state index contributed by atoms with van der Waals surface area (Å²) in [6.07, 6.45) is 1.94. The second kappa shape index (κ2) is 23.4. The lowest BCUT2D eigenvalue weighted by Gasteiger charge is -2.51. The van der Waals surface area contributed by atoms with Crippen LogP contribution in [0.1, 0.15) is 111 Å². The third-order valence-corrected chi connectivity index (χ3v) is 9.41. The van der Waals surface area contributed by atoms with Crippen molar-refractivity contribution in [2.24, 2.45) is 0 Å². The van der Waals surface area contributed by atoms with Crippen LogP contribution in [0, 0.1) is 0 Å². The molecule has 11 heteroatoms. The van der Waals surface area contributed by atoms with E-state index in [0.29, 0.717) is 39.6 Å². The molecule has 1 N–H and O–H groups in total. The van der Waals surface area contributed by atoms with Gasteiger partial charge >= 0.3 is 0 Å². The molecule has 0 amide bonds. The van der Waals surface area contributed by atoms with Gasteiger partial charge < -0.3 is 52.5 Å². The molecular weight excluding hydrogens is 644 g/mol. The molecule has 1 aromatic rings. The molecule has 3 saturated heterocycles. The highest BCUT2D eigenvalue weighted by molar-refractivity contribution is 5.16. The summed E-state index contributed by atoms with van der Waals surface area (Å²) < 4.78 is 65.0. The normalized spacial score (nSPS) is 33.0. The molecule has 11 nitrogen and oxygen atoms in total. The van der Waals surface area contributed by atoms with Gasteiger partial charge in [0.2, 0.25) is 0 Å². The van der Waals surface area contributed by atoms with Gasteiger partial charge in [-0.15, -0.1) is 0 Å². The van der Waals surface area contributed by atoms with Crippen LogP contribution in [0.4, 0.5) is 0 Å². The smallest absolute Gasteiger partial charge is 0.187 e. The van der Waals surface area contributed by atoms with Gasteiger partial charge in [-0.3, -0.25) is 0 Å². The minimum Gasteiger partial charge on any atom is -0.379 e. The predicted molar refractivity (Wildman–Crippen MR) is 189 cm³/mol. The fourth-order valence-corrected chi connectivity index (χ4v) is 6.42. The first-order valence-corrected chi connectivity index (χ1v) is 19.6. The third-order valence-electron chi connectivity index (χ3n) is 9.41. The number of hydrogen-bond acceptors (Lipinski definition) is 11. The van der Waals surface area contributed by atoms with Gasteiger partial charge in [0.05, 0.1) is 13.2 Å². The van der Waals surface area contributed by atoms with Crippen molar-refractivity contribution in [3.8, 4) is 0 Å². The van der Waals surface area contributed by atoms with Crippen molar-refractivity contribution in [3.63, 3.8) is 0 Å². The number of rotatable bonds is 24. The summed E-state index contributed by atoms with van der Waals surface area (Å²) in [5.74, 6) is 0. The van der Waals surface area contributed by atoms with E-state index in [9.17, 15) is 5.11 Å². The molecule has 3 aliphatic heterocycles. The lowest BCUT2D eigenvalue weighted by molar-refractivity contribution is -0.393. The minimum absolute atomic E-state index is 0.221. The molecule has 0 spiro atoms. The lowest BCUT2D eigenvalue weighted by Crippen LogP contribution is -2.67. The molecular formula is C39H66O11. The predicted octanol–water partition coefficient (Wildman–Crippen LogP) is 6.49. The Bertz CT molecular complexity index is 1000. The molecule has 5 unspecified atom stereocenters. The minimum atomic E-state index is -1.20. The Kier molecular flexibility index (Phi) is 19.5. The highest BCUT2D eigenvalue weighted by Crippen LogP contribution is 2.39. The zero-order valence-electron chi connectivity index (χ0n) is 31.3. The van der Waals surface area contributed by atoms with E-state index >= 15 is 0 Å². The van der Waals surface area contributed by atoms with Crippen LogP contribution in [-0.4, -0.2) is 113 Å². The Morgan fingerprint density at radius 3 is 1.80 bits per heavy atom. The fraction of sp³-hybridized carbons (Fsp3) is 0.846. The zero-order chi connectivity index (χ0) is 35.6. The highest BCUT2D eigenvalue weighted by atomic mass is 16.8. The van der Waals surface area contributed by atoms with Crippen LogP contribution in [0.2, 0.25) is 0 Å². The maximum Gasteiger partial charge on any atom is 0.187 e. The van der Waals surface area contributed by atoms with Gasteiger partial charge in [0.1, 0.15) is 48.8 Å².